The molecule has 0 N–H and O–H groups in total. The van der Waals surface area contributed by atoms with Crippen LogP contribution in [-0.2, 0) is 11.3 Å². The van der Waals surface area contributed by atoms with Gasteiger partial charge in [0.1, 0.15) is 0 Å². The average molecular weight is 236 g/mol. The third-order valence-corrected chi connectivity index (χ3v) is 2.19. The van der Waals surface area contributed by atoms with Crippen LogP contribution in [0.25, 0.3) is 6.08 Å². The summed E-state index contributed by atoms with van der Waals surface area (Å²) in [4.78, 5) is 12.5. The normalized spacial score (nSPS) is 10.8. The van der Waals surface area contributed by atoms with Gasteiger partial charge in [-0.3, -0.25) is 10.1 Å². The smallest absolute Gasteiger partial charge is 0.282 e. The zero-order valence-corrected chi connectivity index (χ0v) is 10.2. The van der Waals surface area contributed by atoms with E-state index in [0.29, 0.717) is 11.1 Å². The number of hydrogen-bond donors (Lipinski definition) is 0. The molecule has 5 heteroatoms. The van der Waals surface area contributed by atoms with Gasteiger partial charge in [-0.25, -0.2) is 0 Å². The lowest BCUT2D eigenvalue weighted by atomic mass is 10.1. The second-order valence-electron chi connectivity index (χ2n) is 3.82. The van der Waals surface area contributed by atoms with Gasteiger partial charge in [0, 0.05) is 21.2 Å². The fourth-order valence-corrected chi connectivity index (χ4v) is 1.47. The molecular weight excluding hydrogens is 220 g/mol. The van der Waals surface area contributed by atoms with Gasteiger partial charge in [-0.05, 0) is 24.4 Å². The number of nitrogens with zero attached hydrogens (tertiary/aromatic N) is 2. The first-order valence-corrected chi connectivity index (χ1v) is 5.16. The van der Waals surface area contributed by atoms with Crippen molar-refractivity contribution in [3.05, 3.63) is 45.6 Å². The van der Waals surface area contributed by atoms with E-state index in [1.807, 2.05) is 19.0 Å². The van der Waals surface area contributed by atoms with Gasteiger partial charge in [0.05, 0.1) is 22.7 Å². The average Bonchev–Trinajstić information content (AvgIpc) is 2.26. The molecular formula is C12H16N2O3. The van der Waals surface area contributed by atoms with Gasteiger partial charge in [0.25, 0.3) is 5.69 Å². The van der Waals surface area contributed by atoms with Crippen LogP contribution in [0.1, 0.15) is 11.1 Å². The molecule has 0 aliphatic rings. The van der Waals surface area contributed by atoms with Crippen molar-refractivity contribution in [2.24, 2.45) is 0 Å². The molecule has 0 bridgehead atoms. The van der Waals surface area contributed by atoms with Crippen molar-refractivity contribution in [2.75, 3.05) is 21.2 Å². The molecule has 0 saturated carbocycles. The summed E-state index contributed by atoms with van der Waals surface area (Å²) in [5.41, 5.74) is 1.27. The van der Waals surface area contributed by atoms with Crippen molar-refractivity contribution in [1.29, 1.82) is 0 Å². The summed E-state index contributed by atoms with van der Waals surface area (Å²) in [6.07, 6.45) is 3.50. The van der Waals surface area contributed by atoms with Crippen molar-refractivity contribution in [1.82, 2.24) is 4.90 Å². The lowest BCUT2D eigenvalue weighted by Gasteiger charge is -2.06. The highest BCUT2D eigenvalue weighted by Crippen LogP contribution is 2.25. The van der Waals surface area contributed by atoms with Crippen LogP contribution in [0.15, 0.2) is 24.4 Å². The molecule has 0 aromatic heterocycles. The standard InChI is InChI=1S/C12H16N2O3/c1-13(2)8-7-10-5-4-6-11(9-17-3)12(10)14(15)16/h4-8H,9H2,1-3H3. The highest BCUT2D eigenvalue weighted by molar-refractivity contribution is 5.63. The molecule has 17 heavy (non-hydrogen) atoms. The number of nitro groups is 1. The molecule has 0 spiro atoms. The van der Waals surface area contributed by atoms with Gasteiger partial charge in [-0.15, -0.1) is 0 Å². The summed E-state index contributed by atoms with van der Waals surface area (Å²) in [6, 6.07) is 5.21. The summed E-state index contributed by atoms with van der Waals surface area (Å²) in [5.74, 6) is 0. The van der Waals surface area contributed by atoms with E-state index < -0.39 is 0 Å². The predicted octanol–water partition coefficient (Wildman–Crippen LogP) is 2.27. The third-order valence-electron chi connectivity index (χ3n) is 2.19. The number of ether oxygens (including phenoxy) is 1. The number of benzene rings is 1. The molecule has 92 valence electrons. The molecule has 0 unspecified atom stereocenters. The number of rotatable bonds is 5. The van der Waals surface area contributed by atoms with Crippen LogP contribution in [0.4, 0.5) is 5.69 Å². The zero-order valence-electron chi connectivity index (χ0n) is 10.2. The summed E-state index contributed by atoms with van der Waals surface area (Å²) in [5, 5.41) is 11.1. The predicted molar refractivity (Wildman–Crippen MR) is 66.5 cm³/mol. The van der Waals surface area contributed by atoms with Gasteiger partial charge < -0.3 is 9.64 Å². The van der Waals surface area contributed by atoms with Crippen LogP contribution in [0.5, 0.6) is 0 Å². The topological polar surface area (TPSA) is 55.6 Å². The Morgan fingerprint density at radius 3 is 2.71 bits per heavy atom. The number of methoxy groups -OCH3 is 1. The van der Waals surface area contributed by atoms with Crippen LogP contribution < -0.4 is 0 Å². The van der Waals surface area contributed by atoms with Gasteiger partial charge >= 0.3 is 0 Å². The van der Waals surface area contributed by atoms with E-state index in [9.17, 15) is 10.1 Å². The van der Waals surface area contributed by atoms with Crippen LogP contribution in [0, 0.1) is 10.1 Å². The second-order valence-corrected chi connectivity index (χ2v) is 3.82. The fraction of sp³-hybridized carbons (Fsp3) is 0.333. The lowest BCUT2D eigenvalue weighted by Crippen LogP contribution is -2.02. The van der Waals surface area contributed by atoms with Crippen LogP contribution in [-0.4, -0.2) is 31.0 Å². The van der Waals surface area contributed by atoms with E-state index in [-0.39, 0.29) is 17.2 Å². The van der Waals surface area contributed by atoms with Gasteiger partial charge in [-0.1, -0.05) is 6.07 Å². The molecule has 0 fully saturated rings. The first-order chi connectivity index (χ1) is 8.06. The molecule has 1 rings (SSSR count). The summed E-state index contributed by atoms with van der Waals surface area (Å²) in [6.45, 7) is 0.236. The van der Waals surface area contributed by atoms with Gasteiger partial charge in [0.2, 0.25) is 0 Å². The van der Waals surface area contributed by atoms with E-state index in [4.69, 9.17) is 4.74 Å². The fourth-order valence-electron chi connectivity index (χ4n) is 1.47. The Labute approximate surface area is 100 Å². The maximum absolute atomic E-state index is 11.1. The Kier molecular flexibility index (Phi) is 4.66. The molecule has 0 aliphatic heterocycles. The van der Waals surface area contributed by atoms with Crippen LogP contribution in [0.3, 0.4) is 0 Å². The minimum absolute atomic E-state index is 0.104. The Morgan fingerprint density at radius 1 is 1.47 bits per heavy atom. The van der Waals surface area contributed by atoms with Gasteiger partial charge in [0.15, 0.2) is 0 Å². The molecule has 1 aromatic rings. The minimum Gasteiger partial charge on any atom is -0.383 e. The largest absolute Gasteiger partial charge is 0.383 e. The first-order valence-electron chi connectivity index (χ1n) is 5.16. The molecule has 0 radical (unpaired) electrons. The number of para-hydroxylation sites is 1. The van der Waals surface area contributed by atoms with Crippen molar-refractivity contribution >= 4 is 11.8 Å². The molecule has 0 heterocycles. The Balaban J connectivity index is 3.20. The van der Waals surface area contributed by atoms with E-state index >= 15 is 0 Å². The second kappa shape index (κ2) is 6.00. The summed E-state index contributed by atoms with van der Waals surface area (Å²) < 4.78 is 4.96. The summed E-state index contributed by atoms with van der Waals surface area (Å²) >= 11 is 0. The van der Waals surface area contributed by atoms with Crippen molar-refractivity contribution in [3.8, 4) is 0 Å². The maximum Gasteiger partial charge on any atom is 0.282 e. The van der Waals surface area contributed by atoms with E-state index in [2.05, 4.69) is 0 Å². The minimum atomic E-state index is -0.371. The monoisotopic (exact) mass is 236 g/mol. The molecule has 1 aromatic carbocycles. The summed E-state index contributed by atoms with van der Waals surface area (Å²) in [7, 11) is 5.24. The third kappa shape index (κ3) is 3.57. The Hall–Kier alpha value is -1.88. The number of hydrogen-bond acceptors (Lipinski definition) is 4. The molecule has 0 amide bonds. The van der Waals surface area contributed by atoms with Gasteiger partial charge in [-0.2, -0.15) is 0 Å². The molecule has 0 saturated heterocycles. The van der Waals surface area contributed by atoms with Crippen molar-refractivity contribution in [2.45, 2.75) is 6.61 Å². The Morgan fingerprint density at radius 2 is 2.18 bits per heavy atom. The van der Waals surface area contributed by atoms with Crippen molar-refractivity contribution < 1.29 is 9.66 Å². The first kappa shape index (κ1) is 13.2. The molecule has 0 aliphatic carbocycles. The highest BCUT2D eigenvalue weighted by atomic mass is 16.6. The van der Waals surface area contributed by atoms with Crippen LogP contribution >= 0.6 is 0 Å². The molecule has 5 nitrogen and oxygen atoms in total. The highest BCUT2D eigenvalue weighted by Gasteiger charge is 2.17. The number of nitro benzene ring substituents is 1. The zero-order chi connectivity index (χ0) is 12.8. The quantitative estimate of drug-likeness (QED) is 0.581. The van der Waals surface area contributed by atoms with Crippen molar-refractivity contribution in [3.63, 3.8) is 0 Å². The maximum atomic E-state index is 11.1. The SMILES string of the molecule is COCc1cccc(C=CN(C)C)c1[N+](=O)[O-]. The van der Waals surface area contributed by atoms with E-state index in [0.717, 1.165) is 0 Å². The Bertz CT molecular complexity index is 428. The van der Waals surface area contributed by atoms with Crippen LogP contribution in [0.2, 0.25) is 0 Å². The van der Waals surface area contributed by atoms with E-state index in [1.54, 1.807) is 30.5 Å². The lowest BCUT2D eigenvalue weighted by molar-refractivity contribution is -0.386. The molecule has 0 atom stereocenters. The van der Waals surface area contributed by atoms with E-state index in [1.165, 1.54) is 7.11 Å².